The number of benzene rings is 2. The van der Waals surface area contributed by atoms with Crippen LogP contribution in [0.25, 0.3) is 10.6 Å². The van der Waals surface area contributed by atoms with Gasteiger partial charge in [0.05, 0.1) is 24.2 Å². The third-order valence-electron chi connectivity index (χ3n) is 4.93. The molecule has 2 aromatic carbocycles. The van der Waals surface area contributed by atoms with Crippen molar-refractivity contribution >= 4 is 27.1 Å². The van der Waals surface area contributed by atoms with Crippen molar-refractivity contribution in [1.82, 2.24) is 9.29 Å². The second-order valence-electron chi connectivity index (χ2n) is 6.79. The average Bonchev–Trinajstić information content (AvgIpc) is 3.17. The highest BCUT2D eigenvalue weighted by Gasteiger charge is 2.30. The molecular weight excluding hydrogens is 408 g/mol. The SMILES string of the molecule is COc1ccc(-c2nc3c(s2)CN(S(=O)(=O)c2ccc(C(C)=O)cc2)CC3)cc1. The maximum atomic E-state index is 13.0. The fourth-order valence-electron chi connectivity index (χ4n) is 3.24. The van der Waals surface area contributed by atoms with Gasteiger partial charge in [0, 0.05) is 29.0 Å². The van der Waals surface area contributed by atoms with Gasteiger partial charge in [-0.3, -0.25) is 4.79 Å². The normalized spacial score (nSPS) is 14.4. The lowest BCUT2D eigenvalue weighted by molar-refractivity contribution is 0.101. The van der Waals surface area contributed by atoms with Crippen LogP contribution in [0, 0.1) is 0 Å². The molecule has 6 nitrogen and oxygen atoms in total. The number of hydrogen-bond acceptors (Lipinski definition) is 6. The molecule has 0 aliphatic carbocycles. The molecule has 150 valence electrons. The van der Waals surface area contributed by atoms with E-state index in [4.69, 9.17) is 9.72 Å². The number of Topliss-reactive ketones (excluding diaryl/α,β-unsaturated/α-hetero) is 1. The molecule has 1 aliphatic rings. The van der Waals surface area contributed by atoms with Gasteiger partial charge in [0.15, 0.2) is 5.78 Å². The van der Waals surface area contributed by atoms with Gasteiger partial charge in [-0.25, -0.2) is 13.4 Å². The van der Waals surface area contributed by atoms with Gasteiger partial charge in [-0.2, -0.15) is 4.31 Å². The number of aromatic nitrogens is 1. The summed E-state index contributed by atoms with van der Waals surface area (Å²) in [6.07, 6.45) is 0.576. The molecule has 2 heterocycles. The maximum Gasteiger partial charge on any atom is 0.243 e. The fraction of sp³-hybridized carbons (Fsp3) is 0.238. The van der Waals surface area contributed by atoms with Gasteiger partial charge in [0.1, 0.15) is 10.8 Å². The number of methoxy groups -OCH3 is 1. The number of nitrogens with zero attached hydrogens (tertiary/aromatic N) is 2. The molecule has 0 spiro atoms. The molecule has 4 rings (SSSR count). The van der Waals surface area contributed by atoms with Crippen molar-refractivity contribution in [3.63, 3.8) is 0 Å². The van der Waals surface area contributed by atoms with E-state index in [2.05, 4.69) is 0 Å². The smallest absolute Gasteiger partial charge is 0.243 e. The zero-order chi connectivity index (χ0) is 20.6. The third kappa shape index (κ3) is 3.83. The minimum Gasteiger partial charge on any atom is -0.497 e. The second-order valence-corrected chi connectivity index (χ2v) is 9.81. The molecule has 0 saturated heterocycles. The molecule has 3 aromatic rings. The Kier molecular flexibility index (Phi) is 5.24. The van der Waals surface area contributed by atoms with E-state index in [1.165, 1.54) is 34.7 Å². The van der Waals surface area contributed by atoms with E-state index in [0.717, 1.165) is 26.9 Å². The summed E-state index contributed by atoms with van der Waals surface area (Å²) in [5, 5.41) is 0.878. The molecular formula is C21H20N2O4S2. The molecule has 8 heteroatoms. The van der Waals surface area contributed by atoms with E-state index in [0.29, 0.717) is 25.1 Å². The summed E-state index contributed by atoms with van der Waals surface area (Å²) < 4.78 is 32.7. The number of hydrogen-bond donors (Lipinski definition) is 0. The van der Waals surface area contributed by atoms with Crippen LogP contribution in [0.15, 0.2) is 53.4 Å². The summed E-state index contributed by atoms with van der Waals surface area (Å²) in [6, 6.07) is 13.8. The minimum atomic E-state index is -3.63. The van der Waals surface area contributed by atoms with Crippen LogP contribution in [0.5, 0.6) is 5.75 Å². The minimum absolute atomic E-state index is 0.0905. The van der Waals surface area contributed by atoms with Crippen molar-refractivity contribution in [3.8, 4) is 16.3 Å². The molecule has 1 aliphatic heterocycles. The van der Waals surface area contributed by atoms with Crippen LogP contribution in [-0.4, -0.2) is 37.1 Å². The summed E-state index contributed by atoms with van der Waals surface area (Å²) >= 11 is 1.52. The van der Waals surface area contributed by atoms with Crippen molar-refractivity contribution in [2.24, 2.45) is 0 Å². The first-order valence-corrected chi connectivity index (χ1v) is 11.4. The van der Waals surface area contributed by atoms with Crippen LogP contribution in [0.3, 0.4) is 0 Å². The van der Waals surface area contributed by atoms with Crippen LogP contribution in [0.4, 0.5) is 0 Å². The largest absolute Gasteiger partial charge is 0.497 e. The lowest BCUT2D eigenvalue weighted by Gasteiger charge is -2.25. The topological polar surface area (TPSA) is 76.6 Å². The lowest BCUT2D eigenvalue weighted by Crippen LogP contribution is -2.35. The predicted octanol–water partition coefficient (Wildman–Crippen LogP) is 3.77. The molecule has 0 fully saturated rings. The van der Waals surface area contributed by atoms with E-state index in [-0.39, 0.29) is 10.7 Å². The summed E-state index contributed by atoms with van der Waals surface area (Å²) in [7, 11) is -2.00. The van der Waals surface area contributed by atoms with Gasteiger partial charge in [-0.1, -0.05) is 12.1 Å². The third-order valence-corrected chi connectivity index (χ3v) is 7.92. The number of sulfonamides is 1. The number of ketones is 1. The van der Waals surface area contributed by atoms with E-state index >= 15 is 0 Å². The molecule has 0 bridgehead atoms. The van der Waals surface area contributed by atoms with E-state index < -0.39 is 10.0 Å². The zero-order valence-corrected chi connectivity index (χ0v) is 17.7. The number of carbonyl (C=O) groups is 1. The molecule has 1 aromatic heterocycles. The first-order chi connectivity index (χ1) is 13.9. The number of ether oxygens (including phenoxy) is 1. The summed E-state index contributed by atoms with van der Waals surface area (Å²) in [4.78, 5) is 17.3. The fourth-order valence-corrected chi connectivity index (χ4v) is 5.86. The highest BCUT2D eigenvalue weighted by molar-refractivity contribution is 7.89. The van der Waals surface area contributed by atoms with Crippen LogP contribution in [0.1, 0.15) is 27.9 Å². The van der Waals surface area contributed by atoms with Crippen LogP contribution in [-0.2, 0) is 23.0 Å². The zero-order valence-electron chi connectivity index (χ0n) is 16.1. The Morgan fingerprint density at radius 1 is 1.10 bits per heavy atom. The Hall–Kier alpha value is -2.55. The number of carbonyl (C=O) groups excluding carboxylic acids is 1. The standard InChI is InChI=1S/C21H20N2O4S2/c1-14(24)15-5-9-18(10-6-15)29(25,26)23-12-11-19-20(13-23)28-21(22-19)16-3-7-17(27-2)8-4-16/h3-10H,11-13H2,1-2H3. The quantitative estimate of drug-likeness (QED) is 0.578. The van der Waals surface area contributed by atoms with Crippen LogP contribution in [0.2, 0.25) is 0 Å². The monoisotopic (exact) mass is 428 g/mol. The van der Waals surface area contributed by atoms with E-state index in [9.17, 15) is 13.2 Å². The van der Waals surface area contributed by atoms with Gasteiger partial charge < -0.3 is 4.74 Å². The van der Waals surface area contributed by atoms with Crippen molar-refractivity contribution < 1.29 is 17.9 Å². The predicted molar refractivity (Wildman–Crippen MR) is 112 cm³/mol. The van der Waals surface area contributed by atoms with Crippen molar-refractivity contribution in [2.75, 3.05) is 13.7 Å². The van der Waals surface area contributed by atoms with Gasteiger partial charge >= 0.3 is 0 Å². The molecule has 0 amide bonds. The molecule has 0 saturated carbocycles. The second kappa shape index (κ2) is 7.70. The van der Waals surface area contributed by atoms with Gasteiger partial charge in [-0.05, 0) is 43.3 Å². The van der Waals surface area contributed by atoms with Crippen molar-refractivity contribution in [2.45, 2.75) is 24.8 Å². The molecule has 0 unspecified atom stereocenters. The van der Waals surface area contributed by atoms with Crippen molar-refractivity contribution in [3.05, 3.63) is 64.7 Å². The van der Waals surface area contributed by atoms with Crippen molar-refractivity contribution in [1.29, 1.82) is 0 Å². The van der Waals surface area contributed by atoms with Gasteiger partial charge in [-0.15, -0.1) is 11.3 Å². The molecule has 29 heavy (non-hydrogen) atoms. The van der Waals surface area contributed by atoms with Gasteiger partial charge in [0.25, 0.3) is 0 Å². The highest BCUT2D eigenvalue weighted by atomic mass is 32.2. The summed E-state index contributed by atoms with van der Waals surface area (Å²) in [5.74, 6) is 0.690. The summed E-state index contributed by atoms with van der Waals surface area (Å²) in [5.41, 5.74) is 2.44. The van der Waals surface area contributed by atoms with Crippen LogP contribution >= 0.6 is 11.3 Å². The maximum absolute atomic E-state index is 13.0. The Morgan fingerprint density at radius 2 is 1.79 bits per heavy atom. The number of fused-ring (bicyclic) bond motifs is 1. The molecule has 0 atom stereocenters. The van der Waals surface area contributed by atoms with Crippen LogP contribution < -0.4 is 4.74 Å². The average molecular weight is 429 g/mol. The molecule has 0 radical (unpaired) electrons. The Bertz CT molecular complexity index is 1150. The molecule has 0 N–H and O–H groups in total. The number of thiazole rings is 1. The Morgan fingerprint density at radius 3 is 2.41 bits per heavy atom. The van der Waals surface area contributed by atoms with E-state index in [1.807, 2.05) is 24.3 Å². The van der Waals surface area contributed by atoms with E-state index in [1.54, 1.807) is 19.2 Å². The summed E-state index contributed by atoms with van der Waals surface area (Å²) in [6.45, 7) is 2.15. The Balaban J connectivity index is 1.57. The Labute approximate surface area is 173 Å². The first kappa shape index (κ1) is 19.8. The number of rotatable bonds is 5. The highest BCUT2D eigenvalue weighted by Crippen LogP contribution is 2.34. The lowest BCUT2D eigenvalue weighted by atomic mass is 10.2. The first-order valence-electron chi connectivity index (χ1n) is 9.12. The van der Waals surface area contributed by atoms with Gasteiger partial charge in [0.2, 0.25) is 10.0 Å².